The fourth-order valence-electron chi connectivity index (χ4n) is 3.62. The highest BCUT2D eigenvalue weighted by Gasteiger charge is 2.30. The first-order valence-corrected chi connectivity index (χ1v) is 10.4. The van der Waals surface area contributed by atoms with Gasteiger partial charge in [-0.3, -0.25) is 14.9 Å². The number of likely N-dealkylation sites (tertiary alicyclic amines) is 1. The summed E-state index contributed by atoms with van der Waals surface area (Å²) in [5.41, 5.74) is -0.248. The Kier molecular flexibility index (Phi) is 7.21. The van der Waals surface area contributed by atoms with E-state index in [0.717, 1.165) is 31.9 Å². The highest BCUT2D eigenvalue weighted by atomic mass is 35.5. The number of nitro groups is 1. The fourth-order valence-corrected chi connectivity index (χ4v) is 4.15. The van der Waals surface area contributed by atoms with E-state index in [4.69, 9.17) is 5.14 Å². The van der Waals surface area contributed by atoms with E-state index in [1.807, 2.05) is 4.90 Å². The van der Waals surface area contributed by atoms with Crippen molar-refractivity contribution in [1.29, 1.82) is 0 Å². The maximum atomic E-state index is 12.5. The summed E-state index contributed by atoms with van der Waals surface area (Å²) < 4.78 is 22.7. The summed E-state index contributed by atoms with van der Waals surface area (Å²) in [6, 6.07) is 4.24. The minimum absolute atomic E-state index is 0. The van der Waals surface area contributed by atoms with Gasteiger partial charge in [-0.2, -0.15) is 0 Å². The van der Waals surface area contributed by atoms with E-state index in [9.17, 15) is 23.3 Å². The van der Waals surface area contributed by atoms with E-state index in [1.165, 1.54) is 12.1 Å². The van der Waals surface area contributed by atoms with Crippen molar-refractivity contribution in [2.45, 2.75) is 42.7 Å². The summed E-state index contributed by atoms with van der Waals surface area (Å²) in [4.78, 5) is 24.5. The molecule has 12 heteroatoms. The van der Waals surface area contributed by atoms with E-state index in [1.54, 1.807) is 0 Å². The molecule has 2 aliphatic heterocycles. The van der Waals surface area contributed by atoms with Gasteiger partial charge < -0.3 is 15.5 Å². The van der Waals surface area contributed by atoms with Crippen molar-refractivity contribution in [3.05, 3.63) is 28.3 Å². The highest BCUT2D eigenvalue weighted by Crippen LogP contribution is 2.27. The second kappa shape index (κ2) is 9.03. The molecule has 10 nitrogen and oxygen atoms in total. The Bertz CT molecular complexity index is 850. The molecular weight excluding hydrogens is 410 g/mol. The number of fused-ring (bicyclic) bond motifs is 2. The number of nitro benzene ring substituents is 1. The second-order valence-electron chi connectivity index (χ2n) is 6.92. The Morgan fingerprint density at radius 1 is 1.32 bits per heavy atom. The monoisotopic (exact) mass is 433 g/mol. The summed E-state index contributed by atoms with van der Waals surface area (Å²) in [6.07, 6.45) is 3.38. The first kappa shape index (κ1) is 22.3. The lowest BCUT2D eigenvalue weighted by molar-refractivity contribution is -0.384. The van der Waals surface area contributed by atoms with E-state index in [-0.39, 0.29) is 41.9 Å². The van der Waals surface area contributed by atoms with Crippen molar-refractivity contribution in [3.63, 3.8) is 0 Å². The molecule has 2 aliphatic rings. The Labute approximate surface area is 169 Å². The molecule has 2 heterocycles. The predicted octanol–water partition coefficient (Wildman–Crippen LogP) is 0.819. The predicted molar refractivity (Wildman–Crippen MR) is 106 cm³/mol. The number of amides is 1. The number of rotatable bonds is 6. The standard InChI is InChI=1S/C16H23N5O5S.ClH/c17-27(25,26)13-3-4-14(15(9-13)21(23)24)18-7-5-16(22)20-8-6-11-1-2-12(10-20)19-11;/h3-4,9,11-12,18-19H,1-2,5-8,10H2,(H2,17,25,26);1H. The molecule has 1 aromatic carbocycles. The molecule has 156 valence electrons. The zero-order valence-corrected chi connectivity index (χ0v) is 16.8. The molecule has 28 heavy (non-hydrogen) atoms. The topological polar surface area (TPSA) is 148 Å². The lowest BCUT2D eigenvalue weighted by atomic mass is 10.1. The maximum Gasteiger partial charge on any atom is 0.293 e. The largest absolute Gasteiger partial charge is 0.379 e. The first-order chi connectivity index (χ1) is 12.7. The van der Waals surface area contributed by atoms with Crippen LogP contribution in [0.1, 0.15) is 25.7 Å². The third-order valence-electron chi connectivity index (χ3n) is 5.02. The van der Waals surface area contributed by atoms with Gasteiger partial charge in [0.2, 0.25) is 15.9 Å². The lowest BCUT2D eigenvalue weighted by Crippen LogP contribution is -2.39. The molecule has 3 rings (SSSR count). The first-order valence-electron chi connectivity index (χ1n) is 8.83. The average Bonchev–Trinajstić information content (AvgIpc) is 2.92. The lowest BCUT2D eigenvalue weighted by Gasteiger charge is -2.24. The van der Waals surface area contributed by atoms with Crippen LogP contribution in [0.2, 0.25) is 0 Å². The second-order valence-corrected chi connectivity index (χ2v) is 8.49. The number of benzene rings is 1. The summed E-state index contributed by atoms with van der Waals surface area (Å²) in [7, 11) is -4.03. The molecule has 0 radical (unpaired) electrons. The molecule has 2 saturated heterocycles. The Hall–Kier alpha value is -1.95. The van der Waals surface area contributed by atoms with Gasteiger partial charge in [-0.25, -0.2) is 13.6 Å². The summed E-state index contributed by atoms with van der Waals surface area (Å²) in [5, 5.41) is 22.6. The smallest absolute Gasteiger partial charge is 0.293 e. The maximum absolute atomic E-state index is 12.5. The van der Waals surface area contributed by atoms with E-state index in [0.29, 0.717) is 18.6 Å². The van der Waals surface area contributed by atoms with Crippen molar-refractivity contribution >= 4 is 39.7 Å². The zero-order chi connectivity index (χ0) is 19.6. The summed E-state index contributed by atoms with van der Waals surface area (Å²) in [5.74, 6) is 0.000610. The van der Waals surface area contributed by atoms with Crippen LogP contribution in [-0.2, 0) is 14.8 Å². The quantitative estimate of drug-likeness (QED) is 0.444. The minimum atomic E-state index is -4.03. The molecule has 0 saturated carbocycles. The van der Waals surface area contributed by atoms with Gasteiger partial charge in [0.05, 0.1) is 9.82 Å². The zero-order valence-electron chi connectivity index (χ0n) is 15.2. The van der Waals surface area contributed by atoms with Crippen LogP contribution in [0.25, 0.3) is 0 Å². The Morgan fingerprint density at radius 2 is 2.04 bits per heavy atom. The van der Waals surface area contributed by atoms with Crippen molar-refractivity contribution in [1.82, 2.24) is 10.2 Å². The number of sulfonamides is 1. The van der Waals surface area contributed by atoms with Gasteiger partial charge in [0.1, 0.15) is 5.69 Å². The van der Waals surface area contributed by atoms with Crippen molar-refractivity contribution in [2.75, 3.05) is 25.0 Å². The molecular formula is C16H24ClN5O5S. The molecule has 2 fully saturated rings. The number of nitrogens with zero attached hydrogens (tertiary/aromatic N) is 2. The van der Waals surface area contributed by atoms with Crippen LogP contribution in [0, 0.1) is 10.1 Å². The SMILES string of the molecule is Cl.NS(=O)(=O)c1ccc(NCCC(=O)N2CCC3CCC(C2)N3)c([N+](=O)[O-])c1. The third-order valence-corrected chi connectivity index (χ3v) is 5.94. The molecule has 2 bridgehead atoms. The van der Waals surface area contributed by atoms with Gasteiger partial charge in [0.25, 0.3) is 5.69 Å². The molecule has 0 spiro atoms. The van der Waals surface area contributed by atoms with Crippen LogP contribution in [0.5, 0.6) is 0 Å². The minimum Gasteiger partial charge on any atom is -0.379 e. The van der Waals surface area contributed by atoms with Gasteiger partial charge in [0, 0.05) is 44.2 Å². The van der Waals surface area contributed by atoms with E-state index >= 15 is 0 Å². The van der Waals surface area contributed by atoms with E-state index in [2.05, 4.69) is 10.6 Å². The number of nitrogens with two attached hydrogens (primary N) is 1. The number of hydrogen-bond acceptors (Lipinski definition) is 7. The number of halogens is 1. The number of carbonyl (C=O) groups excluding carboxylic acids is 1. The Balaban J connectivity index is 0.00000280. The van der Waals surface area contributed by atoms with Gasteiger partial charge in [-0.05, 0) is 31.4 Å². The molecule has 1 aromatic rings. The van der Waals surface area contributed by atoms with Gasteiger partial charge in [0.15, 0.2) is 0 Å². The number of anilines is 1. The molecule has 1 amide bonds. The molecule has 2 atom stereocenters. The average molecular weight is 434 g/mol. The molecule has 4 N–H and O–H groups in total. The fraction of sp³-hybridized carbons (Fsp3) is 0.562. The van der Waals surface area contributed by atoms with Crippen molar-refractivity contribution in [3.8, 4) is 0 Å². The van der Waals surface area contributed by atoms with Crippen LogP contribution in [0.3, 0.4) is 0 Å². The number of primary sulfonamides is 1. The normalized spacial score (nSPS) is 21.5. The van der Waals surface area contributed by atoms with Crippen molar-refractivity contribution in [2.24, 2.45) is 5.14 Å². The third kappa shape index (κ3) is 5.31. The Morgan fingerprint density at radius 3 is 2.71 bits per heavy atom. The number of hydrogen-bond donors (Lipinski definition) is 3. The van der Waals surface area contributed by atoms with E-state index < -0.39 is 20.6 Å². The van der Waals surface area contributed by atoms with Gasteiger partial charge in [-0.15, -0.1) is 12.4 Å². The van der Waals surface area contributed by atoms with Crippen LogP contribution in [0.15, 0.2) is 23.1 Å². The van der Waals surface area contributed by atoms with Crippen LogP contribution < -0.4 is 15.8 Å². The summed E-state index contributed by atoms with van der Waals surface area (Å²) >= 11 is 0. The van der Waals surface area contributed by atoms with Crippen LogP contribution in [0.4, 0.5) is 11.4 Å². The molecule has 0 aromatic heterocycles. The summed E-state index contributed by atoms with van der Waals surface area (Å²) in [6.45, 7) is 1.63. The van der Waals surface area contributed by atoms with Gasteiger partial charge >= 0.3 is 0 Å². The number of nitrogens with one attached hydrogen (secondary N) is 2. The molecule has 2 unspecified atom stereocenters. The van der Waals surface area contributed by atoms with Crippen LogP contribution in [-0.4, -0.2) is 55.9 Å². The highest BCUT2D eigenvalue weighted by molar-refractivity contribution is 7.89. The van der Waals surface area contributed by atoms with Crippen molar-refractivity contribution < 1.29 is 18.1 Å². The van der Waals surface area contributed by atoms with Gasteiger partial charge in [-0.1, -0.05) is 0 Å². The number of carbonyl (C=O) groups is 1. The molecule has 0 aliphatic carbocycles. The van der Waals surface area contributed by atoms with Crippen LogP contribution >= 0.6 is 12.4 Å².